The number of anilines is 1. The first-order chi connectivity index (χ1) is 11.8. The molecule has 24 heavy (non-hydrogen) atoms. The molecule has 0 radical (unpaired) electrons. The highest BCUT2D eigenvalue weighted by atomic mass is 16.1. The molecule has 1 atom stereocenters. The molecule has 0 saturated carbocycles. The van der Waals surface area contributed by atoms with Crippen molar-refractivity contribution < 1.29 is 4.79 Å². The van der Waals surface area contributed by atoms with Crippen LogP contribution in [0.4, 0.5) is 5.82 Å². The van der Waals surface area contributed by atoms with Crippen molar-refractivity contribution in [2.75, 3.05) is 5.32 Å². The number of nitrogens with zero attached hydrogens (tertiary/aromatic N) is 4. The number of aryl methyl sites for hydroxylation is 1. The number of carbonyl (C=O) groups excluding carboxylic acids is 1. The van der Waals surface area contributed by atoms with Gasteiger partial charge in [0.25, 0.3) is 0 Å². The Labute approximate surface area is 140 Å². The molecule has 6 nitrogen and oxygen atoms in total. The molecule has 0 saturated heterocycles. The number of benzene rings is 1. The van der Waals surface area contributed by atoms with Crippen molar-refractivity contribution >= 4 is 11.7 Å². The largest absolute Gasteiger partial charge is 0.311 e. The predicted molar refractivity (Wildman–Crippen MR) is 91.2 cm³/mol. The van der Waals surface area contributed by atoms with Crippen LogP contribution in [0.3, 0.4) is 0 Å². The summed E-state index contributed by atoms with van der Waals surface area (Å²) in [6.07, 6.45) is 6.97. The Bertz CT molecular complexity index is 865. The lowest BCUT2D eigenvalue weighted by Crippen LogP contribution is -2.25. The van der Waals surface area contributed by atoms with Gasteiger partial charge in [0, 0.05) is 36.8 Å². The van der Waals surface area contributed by atoms with E-state index in [1.165, 1.54) is 0 Å². The van der Waals surface area contributed by atoms with Gasteiger partial charge in [-0.1, -0.05) is 19.1 Å². The van der Waals surface area contributed by atoms with Crippen LogP contribution in [0.25, 0.3) is 5.69 Å². The minimum Gasteiger partial charge on any atom is -0.311 e. The van der Waals surface area contributed by atoms with Crippen molar-refractivity contribution in [1.29, 1.82) is 0 Å². The molecule has 0 spiro atoms. The molecule has 0 bridgehead atoms. The normalized spacial score (nSPS) is 16.7. The molecule has 4 rings (SSSR count). The lowest BCUT2D eigenvalue weighted by molar-refractivity contribution is -0.116. The molecule has 0 fully saturated rings. The van der Waals surface area contributed by atoms with Crippen molar-refractivity contribution in [3.8, 4) is 5.69 Å². The van der Waals surface area contributed by atoms with Crippen molar-refractivity contribution in [3.63, 3.8) is 0 Å². The Morgan fingerprint density at radius 1 is 1.29 bits per heavy atom. The summed E-state index contributed by atoms with van der Waals surface area (Å²) in [6, 6.07) is 10.1. The van der Waals surface area contributed by atoms with Gasteiger partial charge in [0.1, 0.15) is 5.82 Å². The third-order valence-electron chi connectivity index (χ3n) is 4.37. The highest BCUT2D eigenvalue weighted by molar-refractivity contribution is 5.94. The van der Waals surface area contributed by atoms with Crippen molar-refractivity contribution in [1.82, 2.24) is 19.6 Å². The molecule has 0 aliphatic carbocycles. The van der Waals surface area contributed by atoms with Crippen LogP contribution in [0.15, 0.2) is 48.9 Å². The molecule has 122 valence electrons. The summed E-state index contributed by atoms with van der Waals surface area (Å²) in [5.41, 5.74) is 3.18. The van der Waals surface area contributed by atoms with Gasteiger partial charge >= 0.3 is 0 Å². The molecule has 3 heterocycles. The first-order valence-electron chi connectivity index (χ1n) is 8.22. The Hall–Kier alpha value is -2.89. The van der Waals surface area contributed by atoms with Gasteiger partial charge in [-0.2, -0.15) is 10.2 Å². The van der Waals surface area contributed by atoms with Gasteiger partial charge < -0.3 is 5.32 Å². The Morgan fingerprint density at radius 2 is 2.21 bits per heavy atom. The fraction of sp³-hybridized carbons (Fsp3) is 0.278. The van der Waals surface area contributed by atoms with Crippen LogP contribution in [0.2, 0.25) is 0 Å². The topological polar surface area (TPSA) is 64.7 Å². The van der Waals surface area contributed by atoms with Crippen LogP contribution < -0.4 is 5.32 Å². The summed E-state index contributed by atoms with van der Waals surface area (Å²) in [5, 5.41) is 11.7. The van der Waals surface area contributed by atoms with Crippen molar-refractivity contribution in [3.05, 3.63) is 60.0 Å². The molecular formula is C18H19N5O. The number of fused-ring (bicyclic) bond motifs is 1. The maximum absolute atomic E-state index is 12.2. The van der Waals surface area contributed by atoms with Crippen molar-refractivity contribution in [2.45, 2.75) is 32.2 Å². The summed E-state index contributed by atoms with van der Waals surface area (Å²) in [5.74, 6) is 0.896. The first-order valence-corrected chi connectivity index (χ1v) is 8.22. The third-order valence-corrected chi connectivity index (χ3v) is 4.37. The lowest BCUT2D eigenvalue weighted by Gasteiger charge is -2.24. The summed E-state index contributed by atoms with van der Waals surface area (Å²) in [6.45, 7) is 2.90. The quantitative estimate of drug-likeness (QED) is 0.803. The van der Waals surface area contributed by atoms with E-state index >= 15 is 0 Å². The molecule has 6 heteroatoms. The van der Waals surface area contributed by atoms with Crippen molar-refractivity contribution in [2.24, 2.45) is 0 Å². The van der Waals surface area contributed by atoms with Gasteiger partial charge in [0.15, 0.2) is 0 Å². The molecule has 1 aromatic carbocycles. The monoisotopic (exact) mass is 321 g/mol. The van der Waals surface area contributed by atoms with E-state index < -0.39 is 0 Å². The van der Waals surface area contributed by atoms with E-state index in [1.807, 2.05) is 40.0 Å². The zero-order chi connectivity index (χ0) is 16.5. The molecule has 1 N–H and O–H groups in total. The number of hydrogen-bond acceptors (Lipinski definition) is 3. The van der Waals surface area contributed by atoms with Crippen LogP contribution in [0.5, 0.6) is 0 Å². The molecule has 1 aliphatic rings. The Balaban J connectivity index is 1.75. The second-order valence-electron chi connectivity index (χ2n) is 6.02. The van der Waals surface area contributed by atoms with E-state index in [9.17, 15) is 4.79 Å². The van der Waals surface area contributed by atoms with E-state index in [0.717, 1.165) is 35.6 Å². The fourth-order valence-electron chi connectivity index (χ4n) is 3.25. The summed E-state index contributed by atoms with van der Waals surface area (Å²) >= 11 is 0. The minimum atomic E-state index is 0.0230. The van der Waals surface area contributed by atoms with Crippen LogP contribution >= 0.6 is 0 Å². The van der Waals surface area contributed by atoms with Crippen LogP contribution in [-0.4, -0.2) is 25.5 Å². The zero-order valence-electron chi connectivity index (χ0n) is 13.5. The second kappa shape index (κ2) is 5.96. The number of amides is 1. The predicted octanol–water partition coefficient (Wildman–Crippen LogP) is 2.95. The molecular weight excluding hydrogens is 302 g/mol. The number of rotatable bonds is 4. The highest BCUT2D eigenvalue weighted by Crippen LogP contribution is 2.37. The van der Waals surface area contributed by atoms with Crippen LogP contribution in [0.1, 0.15) is 36.8 Å². The molecule has 1 amide bonds. The number of nitrogens with one attached hydrogen (secondary N) is 1. The maximum atomic E-state index is 12.2. The highest BCUT2D eigenvalue weighted by Gasteiger charge is 2.29. The first kappa shape index (κ1) is 14.7. The SMILES string of the molecule is CCCn1ncc2c1NC(=O)C[C@@H]2c1cccc(-n2cccn2)c1. The summed E-state index contributed by atoms with van der Waals surface area (Å²) in [7, 11) is 0. The lowest BCUT2D eigenvalue weighted by atomic mass is 9.87. The second-order valence-corrected chi connectivity index (χ2v) is 6.02. The Kier molecular flexibility index (Phi) is 3.65. The zero-order valence-corrected chi connectivity index (χ0v) is 13.5. The molecule has 0 unspecified atom stereocenters. The number of carbonyl (C=O) groups is 1. The summed E-state index contributed by atoms with van der Waals surface area (Å²) < 4.78 is 3.71. The molecule has 3 aromatic rings. The van der Waals surface area contributed by atoms with Gasteiger partial charge in [0.05, 0.1) is 11.9 Å². The number of hydrogen-bond donors (Lipinski definition) is 1. The van der Waals surface area contributed by atoms with Gasteiger partial charge in [-0.15, -0.1) is 0 Å². The van der Waals surface area contributed by atoms with Crippen LogP contribution in [-0.2, 0) is 11.3 Å². The number of aromatic nitrogens is 4. The Morgan fingerprint density at radius 3 is 3.00 bits per heavy atom. The van der Waals surface area contributed by atoms with E-state index in [2.05, 4.69) is 34.6 Å². The van der Waals surface area contributed by atoms with E-state index in [0.29, 0.717) is 6.42 Å². The third kappa shape index (κ3) is 2.50. The van der Waals surface area contributed by atoms with Gasteiger partial charge in [0.2, 0.25) is 5.91 Å². The van der Waals surface area contributed by atoms with E-state index in [4.69, 9.17) is 0 Å². The average Bonchev–Trinajstić information content (AvgIpc) is 3.25. The van der Waals surface area contributed by atoms with Gasteiger partial charge in [-0.25, -0.2) is 9.36 Å². The fourth-order valence-corrected chi connectivity index (χ4v) is 3.25. The standard InChI is InChI=1S/C18H19N5O/c1-2-8-23-18-16(12-20-23)15(11-17(24)21-18)13-5-3-6-14(10-13)22-9-4-7-19-22/h3-7,9-10,12,15H,2,8,11H2,1H3,(H,21,24)/t15-/m1/s1. The molecule has 2 aromatic heterocycles. The summed E-state index contributed by atoms with van der Waals surface area (Å²) in [4.78, 5) is 12.2. The van der Waals surface area contributed by atoms with E-state index in [1.54, 1.807) is 6.20 Å². The van der Waals surface area contributed by atoms with Gasteiger partial charge in [-0.3, -0.25) is 4.79 Å². The minimum absolute atomic E-state index is 0.0230. The maximum Gasteiger partial charge on any atom is 0.226 e. The smallest absolute Gasteiger partial charge is 0.226 e. The average molecular weight is 321 g/mol. The van der Waals surface area contributed by atoms with Gasteiger partial charge in [-0.05, 0) is 30.2 Å². The van der Waals surface area contributed by atoms with E-state index in [-0.39, 0.29) is 11.8 Å². The molecule has 1 aliphatic heterocycles. The van der Waals surface area contributed by atoms with Crippen LogP contribution in [0, 0.1) is 0 Å².